The van der Waals surface area contributed by atoms with Crippen molar-refractivity contribution in [3.8, 4) is 0 Å². The lowest BCUT2D eigenvalue weighted by Gasteiger charge is -2.39. The summed E-state index contributed by atoms with van der Waals surface area (Å²) in [4.78, 5) is 27.8. The number of carbonyl (C=O) groups is 2. The Bertz CT molecular complexity index is 668. The number of hydrogen-bond acceptors (Lipinski definition) is 4. The second-order valence-corrected chi connectivity index (χ2v) is 7.73. The van der Waals surface area contributed by atoms with Crippen LogP contribution in [0.4, 0.5) is 0 Å². The van der Waals surface area contributed by atoms with Crippen LogP contribution < -0.4 is 5.32 Å². The summed E-state index contributed by atoms with van der Waals surface area (Å²) < 4.78 is 13.2. The first-order valence-corrected chi connectivity index (χ1v) is 10.5. The minimum Gasteiger partial charge on any atom is -0.351 e. The Morgan fingerprint density at radius 1 is 1.25 bits per heavy atom. The molecule has 7 heteroatoms. The zero-order chi connectivity index (χ0) is 20.1. The third-order valence-corrected chi connectivity index (χ3v) is 5.82. The summed E-state index contributed by atoms with van der Waals surface area (Å²) in [6, 6.07) is 3.31. The first-order valence-electron chi connectivity index (χ1n) is 10.5. The van der Waals surface area contributed by atoms with Crippen LogP contribution in [-0.2, 0) is 25.6 Å². The van der Waals surface area contributed by atoms with Crippen molar-refractivity contribution in [1.29, 1.82) is 0 Å². The summed E-state index contributed by atoms with van der Waals surface area (Å²) in [5.74, 6) is 0.250. The average Bonchev–Trinajstić information content (AvgIpc) is 3.12. The topological polar surface area (TPSA) is 72.8 Å². The van der Waals surface area contributed by atoms with Gasteiger partial charge in [-0.25, -0.2) is 0 Å². The normalized spacial score (nSPS) is 25.1. The van der Waals surface area contributed by atoms with Crippen molar-refractivity contribution < 1.29 is 19.1 Å². The Morgan fingerprint density at radius 2 is 1.96 bits per heavy atom. The molecular formula is C21H33N3O4. The summed E-state index contributed by atoms with van der Waals surface area (Å²) in [6.45, 7) is 7.42. The fourth-order valence-electron chi connectivity index (χ4n) is 4.32. The van der Waals surface area contributed by atoms with Gasteiger partial charge in [0.1, 0.15) is 6.54 Å². The predicted octanol–water partition coefficient (Wildman–Crippen LogP) is 2.47. The molecule has 3 rings (SSSR count). The second kappa shape index (κ2) is 9.56. The maximum atomic E-state index is 13.3. The smallest absolute Gasteiger partial charge is 0.249 e. The second-order valence-electron chi connectivity index (χ2n) is 7.73. The number of nitrogens with one attached hydrogen (secondary N) is 1. The van der Waals surface area contributed by atoms with E-state index < -0.39 is 12.3 Å². The van der Waals surface area contributed by atoms with E-state index in [4.69, 9.17) is 9.47 Å². The van der Waals surface area contributed by atoms with E-state index in [2.05, 4.69) is 12.2 Å². The van der Waals surface area contributed by atoms with Gasteiger partial charge in [0.15, 0.2) is 12.3 Å². The summed E-state index contributed by atoms with van der Waals surface area (Å²) in [7, 11) is 0. The van der Waals surface area contributed by atoms with Gasteiger partial charge in [-0.1, -0.05) is 19.8 Å². The van der Waals surface area contributed by atoms with Gasteiger partial charge in [0.05, 0.1) is 12.2 Å². The van der Waals surface area contributed by atoms with Crippen molar-refractivity contribution >= 4 is 11.8 Å². The summed E-state index contributed by atoms with van der Waals surface area (Å²) >= 11 is 0. The highest BCUT2D eigenvalue weighted by Crippen LogP contribution is 2.30. The van der Waals surface area contributed by atoms with Gasteiger partial charge in [0.2, 0.25) is 11.8 Å². The third-order valence-electron chi connectivity index (χ3n) is 5.82. The molecule has 1 aromatic heterocycles. The standard InChI is InChI=1S/C21H33N3O4/c1-4-27-19(28-5-2)14-24-18(25)13-23-12-8-11-17(23)20(24)21(26)22-16-10-7-6-9-15(16)3/h8,11-12,15-16,19-20H,4-7,9-10,13-14H2,1-3H3,(H,22,26). The van der Waals surface area contributed by atoms with Gasteiger partial charge in [-0.3, -0.25) is 9.59 Å². The van der Waals surface area contributed by atoms with E-state index >= 15 is 0 Å². The molecule has 1 aromatic rings. The molecule has 0 spiro atoms. The van der Waals surface area contributed by atoms with E-state index in [0.29, 0.717) is 19.1 Å². The van der Waals surface area contributed by atoms with Crippen LogP contribution in [0.5, 0.6) is 0 Å². The highest BCUT2D eigenvalue weighted by atomic mass is 16.7. The molecule has 0 aromatic carbocycles. The van der Waals surface area contributed by atoms with Gasteiger partial charge in [-0.2, -0.15) is 0 Å². The molecule has 1 N–H and O–H groups in total. The lowest BCUT2D eigenvalue weighted by molar-refractivity contribution is -0.168. The number of fused-ring (bicyclic) bond motifs is 1. The van der Waals surface area contributed by atoms with Crippen LogP contribution >= 0.6 is 0 Å². The highest BCUT2D eigenvalue weighted by Gasteiger charge is 2.39. The first kappa shape index (κ1) is 20.9. The Kier molecular flexibility index (Phi) is 7.13. The van der Waals surface area contributed by atoms with Crippen LogP contribution in [0, 0.1) is 5.92 Å². The quantitative estimate of drug-likeness (QED) is 0.691. The Labute approximate surface area is 167 Å². The molecule has 1 fully saturated rings. The Balaban J connectivity index is 1.82. The van der Waals surface area contributed by atoms with Crippen LogP contribution in [0.25, 0.3) is 0 Å². The van der Waals surface area contributed by atoms with Gasteiger partial charge in [-0.15, -0.1) is 0 Å². The fourth-order valence-corrected chi connectivity index (χ4v) is 4.32. The van der Waals surface area contributed by atoms with Gasteiger partial charge in [0.25, 0.3) is 0 Å². The van der Waals surface area contributed by atoms with Gasteiger partial charge < -0.3 is 24.3 Å². The molecule has 7 nitrogen and oxygen atoms in total. The van der Waals surface area contributed by atoms with Crippen LogP contribution in [0.3, 0.4) is 0 Å². The molecule has 0 radical (unpaired) electrons. The van der Waals surface area contributed by atoms with Crippen molar-refractivity contribution in [2.45, 2.75) is 71.4 Å². The van der Waals surface area contributed by atoms with Crippen LogP contribution in [-0.4, -0.2) is 53.4 Å². The summed E-state index contributed by atoms with van der Waals surface area (Å²) in [5, 5.41) is 3.23. The SMILES string of the molecule is CCOC(CN1C(=O)Cn2cccc2C1C(=O)NC1CCCCC1C)OCC. The molecule has 1 aliphatic heterocycles. The maximum absolute atomic E-state index is 13.3. The molecule has 3 unspecified atom stereocenters. The van der Waals surface area contributed by atoms with E-state index in [0.717, 1.165) is 25.0 Å². The van der Waals surface area contributed by atoms with Crippen molar-refractivity contribution in [3.63, 3.8) is 0 Å². The van der Waals surface area contributed by atoms with Crippen molar-refractivity contribution in [2.24, 2.45) is 5.92 Å². The zero-order valence-electron chi connectivity index (χ0n) is 17.2. The largest absolute Gasteiger partial charge is 0.351 e. The number of hydrogen-bond donors (Lipinski definition) is 1. The molecule has 0 bridgehead atoms. The lowest BCUT2D eigenvalue weighted by Crippen LogP contribution is -2.54. The van der Waals surface area contributed by atoms with Crippen LogP contribution in [0.2, 0.25) is 0 Å². The summed E-state index contributed by atoms with van der Waals surface area (Å²) in [6.07, 6.45) is 5.80. The average molecular weight is 392 g/mol. The molecule has 28 heavy (non-hydrogen) atoms. The monoisotopic (exact) mass is 391 g/mol. The van der Waals surface area contributed by atoms with E-state index in [-0.39, 0.29) is 30.9 Å². The molecule has 2 amide bonds. The van der Waals surface area contributed by atoms with Gasteiger partial charge in [-0.05, 0) is 44.7 Å². The number of amides is 2. The Hall–Kier alpha value is -1.86. The van der Waals surface area contributed by atoms with Crippen molar-refractivity contribution in [1.82, 2.24) is 14.8 Å². The molecule has 1 aliphatic carbocycles. The summed E-state index contributed by atoms with van der Waals surface area (Å²) in [5.41, 5.74) is 0.840. The number of ether oxygens (including phenoxy) is 2. The molecule has 2 heterocycles. The minimum absolute atomic E-state index is 0.0926. The maximum Gasteiger partial charge on any atom is 0.249 e. The minimum atomic E-state index is -0.659. The van der Waals surface area contributed by atoms with Crippen LogP contribution in [0.1, 0.15) is 58.2 Å². The third kappa shape index (κ3) is 4.58. The first-order chi connectivity index (χ1) is 13.5. The van der Waals surface area contributed by atoms with E-state index in [1.807, 2.05) is 36.7 Å². The fraction of sp³-hybridized carbons (Fsp3) is 0.714. The van der Waals surface area contributed by atoms with Gasteiger partial charge >= 0.3 is 0 Å². The highest BCUT2D eigenvalue weighted by molar-refractivity contribution is 5.90. The lowest BCUT2D eigenvalue weighted by atomic mass is 9.85. The van der Waals surface area contributed by atoms with Crippen molar-refractivity contribution in [2.75, 3.05) is 19.8 Å². The van der Waals surface area contributed by atoms with Gasteiger partial charge in [0, 0.05) is 25.5 Å². The number of nitrogens with zero attached hydrogens (tertiary/aromatic N) is 2. The number of aromatic nitrogens is 1. The van der Waals surface area contributed by atoms with Crippen molar-refractivity contribution in [3.05, 3.63) is 24.0 Å². The van der Waals surface area contributed by atoms with Crippen LogP contribution in [0.15, 0.2) is 18.3 Å². The molecular weight excluding hydrogens is 358 g/mol. The zero-order valence-corrected chi connectivity index (χ0v) is 17.2. The number of carbonyl (C=O) groups excluding carboxylic acids is 2. The van der Waals surface area contributed by atoms with E-state index in [1.54, 1.807) is 4.90 Å². The molecule has 3 atom stereocenters. The van der Waals surface area contributed by atoms with E-state index in [9.17, 15) is 9.59 Å². The molecule has 2 aliphatic rings. The number of rotatable bonds is 8. The molecule has 0 saturated heterocycles. The Morgan fingerprint density at radius 3 is 2.64 bits per heavy atom. The molecule has 156 valence electrons. The van der Waals surface area contributed by atoms with E-state index in [1.165, 1.54) is 6.42 Å². The predicted molar refractivity (Wildman–Crippen MR) is 105 cm³/mol. The molecule has 1 saturated carbocycles.